The average Bonchev–Trinajstić information content (AvgIpc) is 4.35. The van der Waals surface area contributed by atoms with Crippen LogP contribution in [0.5, 0.6) is 0 Å². The second-order valence-electron chi connectivity index (χ2n) is 22.2. The van der Waals surface area contributed by atoms with Crippen molar-refractivity contribution in [2.45, 2.75) is 175 Å². The Morgan fingerprint density at radius 2 is 0.582 bits per heavy atom. The Labute approximate surface area is 506 Å². The summed E-state index contributed by atoms with van der Waals surface area (Å²) < 4.78 is 0. The molecule has 0 fully saturated rings. The van der Waals surface area contributed by atoms with Gasteiger partial charge in [0.1, 0.15) is 0 Å². The van der Waals surface area contributed by atoms with E-state index in [1.807, 2.05) is 90.7 Å². The summed E-state index contributed by atoms with van der Waals surface area (Å²) in [5.74, 6) is 0. The number of benzene rings is 2. The van der Waals surface area contributed by atoms with Gasteiger partial charge in [-0.3, -0.25) is 0 Å². The van der Waals surface area contributed by atoms with Crippen LogP contribution in [0.3, 0.4) is 0 Å². The lowest BCUT2D eigenvalue weighted by atomic mass is 9.77. The first-order valence-electron chi connectivity index (χ1n) is 29.8. The molecule has 0 atom stereocenters. The largest absolute Gasteiger partial charge is 0.143 e. The Bertz CT molecular complexity index is 3210. The zero-order valence-electron chi connectivity index (χ0n) is 47.6. The Kier molecular flexibility index (Phi) is 20.9. The Morgan fingerprint density at radius 3 is 0.911 bits per heavy atom. The molecule has 0 amide bonds. The molecule has 0 aliphatic rings. The molecule has 0 spiro atoms. The standard InChI is InChI=1S/C71H80S8/c1-7-11-15-19-23-51-43-45-72-67(51)61-39-35-57(74-61)59-37-41-63(76-59)69-53(25-21-17-13-9-3)47-65(78-69)49-27-31-55(32-28-49)71(5,6)56-33-29-50(30-34-56)66-48-54(26-22-18-14-10-4)70(79-66)64-42-38-60(77-64)58-36-40-62(75-58)68-52(44-46-73-68)24-20-16-12-8-2/h27-48H,7-26H2,1-6H3. The summed E-state index contributed by atoms with van der Waals surface area (Å²) in [5, 5.41) is 4.58. The van der Waals surface area contributed by atoms with E-state index in [9.17, 15) is 0 Å². The summed E-state index contributed by atoms with van der Waals surface area (Å²) in [4.78, 5) is 19.8. The molecule has 0 unspecified atom stereocenters. The lowest BCUT2D eigenvalue weighted by Gasteiger charge is -2.26. The molecule has 412 valence electrons. The summed E-state index contributed by atoms with van der Waals surface area (Å²) in [6.45, 7) is 14.0. The molecule has 0 saturated heterocycles. The van der Waals surface area contributed by atoms with Crippen molar-refractivity contribution in [1.29, 1.82) is 0 Å². The molecule has 0 aliphatic heterocycles. The molecule has 0 bridgehead atoms. The van der Waals surface area contributed by atoms with E-state index in [0.717, 1.165) is 12.8 Å². The van der Waals surface area contributed by atoms with Gasteiger partial charge in [0, 0.05) is 73.7 Å². The Morgan fingerprint density at radius 1 is 0.278 bits per heavy atom. The highest BCUT2D eigenvalue weighted by atomic mass is 32.1. The van der Waals surface area contributed by atoms with E-state index in [2.05, 4.69) is 174 Å². The van der Waals surface area contributed by atoms with Crippen LogP contribution >= 0.6 is 90.7 Å². The Balaban J connectivity index is 0.841. The van der Waals surface area contributed by atoms with Crippen LogP contribution in [-0.2, 0) is 31.1 Å². The van der Waals surface area contributed by atoms with Crippen LogP contribution in [0.1, 0.15) is 178 Å². The molecular weight excluding hydrogens is 1110 g/mol. The first-order valence-corrected chi connectivity index (χ1v) is 36.4. The average molecular weight is 1190 g/mol. The lowest BCUT2D eigenvalue weighted by Crippen LogP contribution is -2.18. The van der Waals surface area contributed by atoms with Crippen molar-refractivity contribution in [3.8, 4) is 79.4 Å². The minimum absolute atomic E-state index is 0.142. The van der Waals surface area contributed by atoms with Crippen LogP contribution in [0.15, 0.2) is 132 Å². The highest BCUT2D eigenvalue weighted by molar-refractivity contribution is 7.30. The van der Waals surface area contributed by atoms with Gasteiger partial charge < -0.3 is 0 Å². The van der Waals surface area contributed by atoms with Gasteiger partial charge in [-0.1, -0.05) is 167 Å². The van der Waals surface area contributed by atoms with Gasteiger partial charge in [0.2, 0.25) is 0 Å². The highest BCUT2D eigenvalue weighted by Crippen LogP contribution is 2.49. The molecule has 0 nitrogen and oxygen atoms in total. The van der Waals surface area contributed by atoms with Gasteiger partial charge in [-0.2, -0.15) is 0 Å². The van der Waals surface area contributed by atoms with Crippen molar-refractivity contribution >= 4 is 90.7 Å². The third kappa shape index (κ3) is 14.3. The highest BCUT2D eigenvalue weighted by Gasteiger charge is 2.25. The second-order valence-corrected chi connectivity index (χ2v) is 30.4. The van der Waals surface area contributed by atoms with Crippen molar-refractivity contribution in [3.05, 3.63) is 165 Å². The molecule has 8 heterocycles. The fourth-order valence-corrected chi connectivity index (χ4v) is 20.2. The molecular formula is C71H80S8. The van der Waals surface area contributed by atoms with Crippen LogP contribution < -0.4 is 0 Å². The van der Waals surface area contributed by atoms with Crippen molar-refractivity contribution in [3.63, 3.8) is 0 Å². The minimum Gasteiger partial charge on any atom is -0.143 e. The van der Waals surface area contributed by atoms with Crippen LogP contribution in [0.4, 0.5) is 0 Å². The third-order valence-corrected chi connectivity index (χ3v) is 25.7. The smallest absolute Gasteiger partial charge is 0.0481 e. The molecule has 0 saturated carbocycles. The van der Waals surface area contributed by atoms with E-state index >= 15 is 0 Å². The van der Waals surface area contributed by atoms with E-state index in [1.54, 1.807) is 0 Å². The van der Waals surface area contributed by atoms with Crippen molar-refractivity contribution in [2.75, 3.05) is 0 Å². The molecule has 79 heavy (non-hydrogen) atoms. The SMILES string of the molecule is CCCCCCc1ccsc1-c1ccc(-c2ccc(-c3sc(-c4ccc(C(C)(C)c5ccc(-c6cc(CCCCCC)c(-c7ccc(-c8ccc(-c9sccc9CCCCCC)s8)s7)s6)cc5)cc4)cc3CCCCCC)s2)s1. The molecule has 0 N–H and O–H groups in total. The minimum atomic E-state index is -0.142. The fourth-order valence-electron chi connectivity index (χ4n) is 11.0. The Hall–Kier alpha value is -3.96. The van der Waals surface area contributed by atoms with Crippen LogP contribution in [0.2, 0.25) is 0 Å². The van der Waals surface area contributed by atoms with E-state index in [4.69, 9.17) is 0 Å². The predicted molar refractivity (Wildman–Crippen MR) is 363 cm³/mol. The van der Waals surface area contributed by atoms with Gasteiger partial charge in [-0.25, -0.2) is 0 Å². The maximum absolute atomic E-state index is 2.52. The number of thiophene rings is 8. The lowest BCUT2D eigenvalue weighted by molar-refractivity contribution is 0.641. The number of rotatable bonds is 30. The number of aryl methyl sites for hydroxylation is 4. The molecule has 0 radical (unpaired) electrons. The van der Waals surface area contributed by atoms with Gasteiger partial charge in [-0.05, 0) is 179 Å². The fraction of sp³-hybridized carbons (Fsp3) is 0.380. The molecule has 8 aromatic heterocycles. The topological polar surface area (TPSA) is 0 Å². The zero-order chi connectivity index (χ0) is 54.6. The van der Waals surface area contributed by atoms with Crippen LogP contribution in [-0.4, -0.2) is 0 Å². The maximum Gasteiger partial charge on any atom is 0.0481 e. The summed E-state index contributed by atoms with van der Waals surface area (Å²) in [5.41, 5.74) is 11.3. The van der Waals surface area contributed by atoms with Crippen molar-refractivity contribution < 1.29 is 0 Å². The molecule has 0 aliphatic carbocycles. The monoisotopic (exact) mass is 1190 g/mol. The second kappa shape index (κ2) is 28.3. The quantitative estimate of drug-likeness (QED) is 0.0394. The van der Waals surface area contributed by atoms with Crippen molar-refractivity contribution in [1.82, 2.24) is 0 Å². The first-order chi connectivity index (χ1) is 38.7. The van der Waals surface area contributed by atoms with E-state index in [0.29, 0.717) is 0 Å². The predicted octanol–water partition coefficient (Wildman–Crippen LogP) is 26.3. The van der Waals surface area contributed by atoms with E-state index < -0.39 is 0 Å². The first kappa shape index (κ1) is 58.2. The summed E-state index contributed by atoms with van der Waals surface area (Å²) >= 11 is 15.7. The molecule has 8 heteroatoms. The molecule has 10 aromatic rings. The van der Waals surface area contributed by atoms with Gasteiger partial charge >= 0.3 is 0 Å². The third-order valence-electron chi connectivity index (χ3n) is 15.9. The number of hydrogen-bond donors (Lipinski definition) is 0. The van der Waals surface area contributed by atoms with Crippen LogP contribution in [0, 0.1) is 0 Å². The summed E-state index contributed by atoms with van der Waals surface area (Å²) in [7, 11) is 0. The van der Waals surface area contributed by atoms with Gasteiger partial charge in [0.25, 0.3) is 0 Å². The number of hydrogen-bond acceptors (Lipinski definition) is 8. The van der Waals surface area contributed by atoms with Crippen molar-refractivity contribution in [2.24, 2.45) is 0 Å². The van der Waals surface area contributed by atoms with Gasteiger partial charge in [-0.15, -0.1) is 90.7 Å². The van der Waals surface area contributed by atoms with Gasteiger partial charge in [0.05, 0.1) is 0 Å². The molecule has 10 rings (SSSR count). The number of unbranched alkanes of at least 4 members (excludes halogenated alkanes) is 12. The normalized spacial score (nSPS) is 11.9. The summed E-state index contributed by atoms with van der Waals surface area (Å²) in [6, 6.07) is 47.9. The van der Waals surface area contributed by atoms with Gasteiger partial charge in [0.15, 0.2) is 0 Å². The molecule has 2 aromatic carbocycles. The van der Waals surface area contributed by atoms with Crippen LogP contribution in [0.25, 0.3) is 79.4 Å². The van der Waals surface area contributed by atoms with E-state index in [-0.39, 0.29) is 5.41 Å². The van der Waals surface area contributed by atoms with E-state index in [1.165, 1.54) is 228 Å². The summed E-state index contributed by atoms with van der Waals surface area (Å²) in [6.07, 6.45) is 25.3. The zero-order valence-corrected chi connectivity index (χ0v) is 54.1. The maximum atomic E-state index is 2.52.